The summed E-state index contributed by atoms with van der Waals surface area (Å²) in [5.41, 5.74) is 8.60. The minimum Gasteiger partial charge on any atom is -0.495 e. The lowest BCUT2D eigenvalue weighted by molar-refractivity contribution is 0.102. The molecule has 0 bridgehead atoms. The first-order valence-corrected chi connectivity index (χ1v) is 8.36. The number of amides is 1. The summed E-state index contributed by atoms with van der Waals surface area (Å²) in [5, 5.41) is 3.56. The number of thiophene rings is 1. The first-order valence-electron chi connectivity index (χ1n) is 7.55. The summed E-state index contributed by atoms with van der Waals surface area (Å²) in [5.74, 6) is 0.511. The van der Waals surface area contributed by atoms with Crippen LogP contribution < -0.4 is 15.8 Å². The van der Waals surface area contributed by atoms with E-state index in [0.717, 1.165) is 24.8 Å². The Bertz CT molecular complexity index is 694. The summed E-state index contributed by atoms with van der Waals surface area (Å²) in [6.45, 7) is 0. The molecule has 0 saturated carbocycles. The summed E-state index contributed by atoms with van der Waals surface area (Å²) in [6.07, 6.45) is 5.50. The molecule has 1 aromatic heterocycles. The molecular weight excluding hydrogens is 296 g/mol. The van der Waals surface area contributed by atoms with E-state index in [-0.39, 0.29) is 5.91 Å². The van der Waals surface area contributed by atoms with Crippen molar-refractivity contribution in [1.29, 1.82) is 0 Å². The molecule has 1 aliphatic rings. The summed E-state index contributed by atoms with van der Waals surface area (Å²) < 4.78 is 5.28. The van der Waals surface area contributed by atoms with Crippen LogP contribution >= 0.6 is 11.3 Å². The summed E-state index contributed by atoms with van der Waals surface area (Å²) in [7, 11) is 1.59. The van der Waals surface area contributed by atoms with Crippen molar-refractivity contribution in [2.24, 2.45) is 0 Å². The smallest absolute Gasteiger partial charge is 0.259 e. The van der Waals surface area contributed by atoms with Gasteiger partial charge in [-0.25, -0.2) is 0 Å². The van der Waals surface area contributed by atoms with E-state index in [0.29, 0.717) is 22.0 Å². The molecule has 116 valence electrons. The quantitative estimate of drug-likeness (QED) is 0.845. The third-order valence-electron chi connectivity index (χ3n) is 4.03. The Labute approximate surface area is 134 Å². The molecule has 3 rings (SSSR count). The van der Waals surface area contributed by atoms with Crippen molar-refractivity contribution >= 4 is 27.9 Å². The van der Waals surface area contributed by atoms with Gasteiger partial charge in [0.05, 0.1) is 23.4 Å². The van der Waals surface area contributed by atoms with E-state index in [4.69, 9.17) is 10.5 Å². The van der Waals surface area contributed by atoms with Crippen LogP contribution in [0.1, 0.15) is 40.1 Å². The Kier molecular flexibility index (Phi) is 4.34. The third kappa shape index (κ3) is 2.81. The van der Waals surface area contributed by atoms with Crippen molar-refractivity contribution in [2.75, 3.05) is 18.2 Å². The standard InChI is InChI=1S/C17H20N2O2S/c1-21-13-9-6-5-8-12(13)19-17(20)15-11-7-3-2-4-10-14(11)22-16(15)18/h5-6,8-9H,2-4,7,10,18H2,1H3,(H,19,20). The number of carbonyl (C=O) groups is 1. The highest BCUT2D eigenvalue weighted by Crippen LogP contribution is 2.36. The number of nitrogens with two attached hydrogens (primary N) is 1. The molecule has 4 nitrogen and oxygen atoms in total. The van der Waals surface area contributed by atoms with Crippen LogP contribution in [-0.2, 0) is 12.8 Å². The zero-order valence-electron chi connectivity index (χ0n) is 12.6. The maximum absolute atomic E-state index is 12.7. The average molecular weight is 316 g/mol. The fraction of sp³-hybridized carbons (Fsp3) is 0.353. The molecule has 0 fully saturated rings. The molecule has 2 aromatic rings. The first-order chi connectivity index (χ1) is 10.7. The Balaban J connectivity index is 1.91. The number of rotatable bonds is 3. The lowest BCUT2D eigenvalue weighted by Crippen LogP contribution is -2.15. The molecular formula is C17H20N2O2S. The lowest BCUT2D eigenvalue weighted by atomic mass is 10.0. The van der Waals surface area contributed by atoms with Gasteiger partial charge in [-0.05, 0) is 43.4 Å². The Hall–Kier alpha value is -2.01. The molecule has 0 spiro atoms. The Morgan fingerprint density at radius 2 is 2.00 bits per heavy atom. The normalized spacial score (nSPS) is 14.0. The molecule has 22 heavy (non-hydrogen) atoms. The van der Waals surface area contributed by atoms with Crippen LogP contribution in [0.25, 0.3) is 0 Å². The van der Waals surface area contributed by atoms with Crippen LogP contribution in [0.3, 0.4) is 0 Å². The number of anilines is 2. The number of methoxy groups -OCH3 is 1. The van der Waals surface area contributed by atoms with E-state index in [1.807, 2.05) is 24.3 Å². The molecule has 3 N–H and O–H groups in total. The first kappa shape index (κ1) is 14.9. The topological polar surface area (TPSA) is 64.3 Å². The average Bonchev–Trinajstić information content (AvgIpc) is 2.68. The van der Waals surface area contributed by atoms with Crippen molar-refractivity contribution in [3.8, 4) is 5.75 Å². The van der Waals surface area contributed by atoms with Crippen molar-refractivity contribution in [3.05, 3.63) is 40.3 Å². The van der Waals surface area contributed by atoms with Gasteiger partial charge in [0.1, 0.15) is 5.75 Å². The van der Waals surface area contributed by atoms with Crippen molar-refractivity contribution < 1.29 is 9.53 Å². The molecule has 0 atom stereocenters. The molecule has 0 radical (unpaired) electrons. The van der Waals surface area contributed by atoms with Crippen molar-refractivity contribution in [3.63, 3.8) is 0 Å². The van der Waals surface area contributed by atoms with Gasteiger partial charge in [0.2, 0.25) is 0 Å². The minimum absolute atomic E-state index is 0.138. The van der Waals surface area contributed by atoms with Gasteiger partial charge < -0.3 is 15.8 Å². The number of para-hydroxylation sites is 2. The Morgan fingerprint density at radius 3 is 2.82 bits per heavy atom. The number of ether oxygens (including phenoxy) is 1. The monoisotopic (exact) mass is 316 g/mol. The second-order valence-electron chi connectivity index (χ2n) is 5.46. The van der Waals surface area contributed by atoms with E-state index in [1.54, 1.807) is 18.4 Å². The van der Waals surface area contributed by atoms with E-state index in [1.165, 1.54) is 17.7 Å². The van der Waals surface area contributed by atoms with E-state index in [9.17, 15) is 4.79 Å². The number of fused-ring (bicyclic) bond motifs is 1. The van der Waals surface area contributed by atoms with Gasteiger partial charge in [-0.2, -0.15) is 0 Å². The van der Waals surface area contributed by atoms with Crippen LogP contribution in [0, 0.1) is 0 Å². The van der Waals surface area contributed by atoms with Gasteiger partial charge in [0.25, 0.3) is 5.91 Å². The van der Waals surface area contributed by atoms with Crippen molar-refractivity contribution in [1.82, 2.24) is 0 Å². The lowest BCUT2D eigenvalue weighted by Gasteiger charge is -2.11. The fourth-order valence-electron chi connectivity index (χ4n) is 2.95. The highest BCUT2D eigenvalue weighted by Gasteiger charge is 2.23. The fourth-order valence-corrected chi connectivity index (χ4v) is 4.10. The maximum atomic E-state index is 12.7. The molecule has 0 aliphatic heterocycles. The van der Waals surface area contributed by atoms with Gasteiger partial charge in [0.15, 0.2) is 0 Å². The number of nitrogens with one attached hydrogen (secondary N) is 1. The SMILES string of the molecule is COc1ccccc1NC(=O)c1c(N)sc2c1CCCCC2. The summed E-state index contributed by atoms with van der Waals surface area (Å²) in [4.78, 5) is 14.0. The second kappa shape index (κ2) is 6.40. The van der Waals surface area contributed by atoms with Gasteiger partial charge in [0, 0.05) is 4.88 Å². The number of hydrogen-bond acceptors (Lipinski definition) is 4. The van der Waals surface area contributed by atoms with Gasteiger partial charge in [-0.15, -0.1) is 11.3 Å². The molecule has 1 amide bonds. The minimum atomic E-state index is -0.138. The molecule has 5 heteroatoms. The van der Waals surface area contributed by atoms with Crippen LogP contribution in [0.15, 0.2) is 24.3 Å². The Morgan fingerprint density at radius 1 is 1.23 bits per heavy atom. The predicted octanol–water partition coefficient (Wildman–Crippen LogP) is 3.86. The summed E-state index contributed by atoms with van der Waals surface area (Å²) in [6, 6.07) is 7.40. The molecule has 1 aliphatic carbocycles. The van der Waals surface area contributed by atoms with Gasteiger partial charge in [-0.1, -0.05) is 18.6 Å². The second-order valence-corrected chi connectivity index (χ2v) is 6.59. The van der Waals surface area contributed by atoms with Gasteiger partial charge in [-0.3, -0.25) is 4.79 Å². The van der Waals surface area contributed by atoms with Gasteiger partial charge >= 0.3 is 0 Å². The number of hydrogen-bond donors (Lipinski definition) is 2. The van der Waals surface area contributed by atoms with Crippen LogP contribution in [0.5, 0.6) is 5.75 Å². The zero-order valence-corrected chi connectivity index (χ0v) is 13.5. The molecule has 1 heterocycles. The number of aryl methyl sites for hydroxylation is 1. The number of nitrogen functional groups attached to an aromatic ring is 1. The van der Waals surface area contributed by atoms with Crippen LogP contribution in [0.4, 0.5) is 10.7 Å². The largest absolute Gasteiger partial charge is 0.495 e. The molecule has 0 saturated heterocycles. The van der Waals surface area contributed by atoms with E-state index in [2.05, 4.69) is 5.32 Å². The number of carbonyl (C=O) groups excluding carboxylic acids is 1. The third-order valence-corrected chi connectivity index (χ3v) is 5.15. The molecule has 0 unspecified atom stereocenters. The van der Waals surface area contributed by atoms with Crippen LogP contribution in [0.2, 0.25) is 0 Å². The highest BCUT2D eigenvalue weighted by molar-refractivity contribution is 7.16. The maximum Gasteiger partial charge on any atom is 0.259 e. The van der Waals surface area contributed by atoms with E-state index >= 15 is 0 Å². The predicted molar refractivity (Wildman–Crippen MR) is 90.9 cm³/mol. The number of benzene rings is 1. The zero-order chi connectivity index (χ0) is 15.5. The summed E-state index contributed by atoms with van der Waals surface area (Å²) >= 11 is 1.56. The van der Waals surface area contributed by atoms with Crippen LogP contribution in [-0.4, -0.2) is 13.0 Å². The van der Waals surface area contributed by atoms with E-state index < -0.39 is 0 Å². The van der Waals surface area contributed by atoms with Crippen molar-refractivity contribution in [2.45, 2.75) is 32.1 Å². The molecule has 1 aromatic carbocycles. The highest BCUT2D eigenvalue weighted by atomic mass is 32.1.